The first-order valence-electron chi connectivity index (χ1n) is 8.00. The SMILES string of the molecule is Cc1nn(C)c(C)c1C(N)C1CCOC2(CCSCC2)C1. The van der Waals surface area contributed by atoms with Crippen molar-refractivity contribution in [2.45, 2.75) is 51.2 Å². The summed E-state index contributed by atoms with van der Waals surface area (Å²) in [5.41, 5.74) is 10.3. The van der Waals surface area contributed by atoms with Gasteiger partial charge in [-0.05, 0) is 57.0 Å². The topological polar surface area (TPSA) is 53.1 Å². The van der Waals surface area contributed by atoms with Gasteiger partial charge < -0.3 is 10.5 Å². The molecule has 0 aromatic carbocycles. The quantitative estimate of drug-likeness (QED) is 0.912. The largest absolute Gasteiger partial charge is 0.375 e. The normalized spacial score (nSPS) is 27.0. The highest BCUT2D eigenvalue weighted by Crippen LogP contribution is 2.43. The van der Waals surface area contributed by atoms with Crippen LogP contribution in [0.1, 0.15) is 48.7 Å². The fourth-order valence-corrected chi connectivity index (χ4v) is 5.21. The van der Waals surface area contributed by atoms with Crippen LogP contribution in [0.4, 0.5) is 0 Å². The van der Waals surface area contributed by atoms with Crippen LogP contribution >= 0.6 is 11.8 Å². The van der Waals surface area contributed by atoms with Crippen LogP contribution in [-0.4, -0.2) is 33.5 Å². The number of thioether (sulfide) groups is 1. The monoisotopic (exact) mass is 309 g/mol. The number of hydrogen-bond donors (Lipinski definition) is 1. The smallest absolute Gasteiger partial charge is 0.0701 e. The van der Waals surface area contributed by atoms with Crippen LogP contribution in [0.25, 0.3) is 0 Å². The number of aromatic nitrogens is 2. The van der Waals surface area contributed by atoms with E-state index in [1.54, 1.807) is 0 Å². The van der Waals surface area contributed by atoms with Crippen LogP contribution in [0.15, 0.2) is 0 Å². The molecule has 3 heterocycles. The fraction of sp³-hybridized carbons (Fsp3) is 0.812. The van der Waals surface area contributed by atoms with Gasteiger partial charge in [-0.1, -0.05) is 0 Å². The van der Waals surface area contributed by atoms with Gasteiger partial charge in [0.15, 0.2) is 0 Å². The molecule has 4 nitrogen and oxygen atoms in total. The lowest BCUT2D eigenvalue weighted by molar-refractivity contribution is -0.105. The summed E-state index contributed by atoms with van der Waals surface area (Å²) in [6, 6.07) is 0.0917. The number of hydrogen-bond acceptors (Lipinski definition) is 4. The Kier molecular flexibility index (Phi) is 4.35. The third-order valence-electron chi connectivity index (χ3n) is 5.34. The molecule has 2 N–H and O–H groups in total. The van der Waals surface area contributed by atoms with Crippen molar-refractivity contribution >= 4 is 11.8 Å². The standard InChI is InChI=1S/C16H27N3OS/c1-11-14(12(2)19(3)18-11)15(17)13-4-7-20-16(10-13)5-8-21-9-6-16/h13,15H,4-10,17H2,1-3H3. The van der Waals surface area contributed by atoms with Crippen molar-refractivity contribution < 1.29 is 4.74 Å². The van der Waals surface area contributed by atoms with Gasteiger partial charge in [-0.3, -0.25) is 4.68 Å². The highest BCUT2D eigenvalue weighted by atomic mass is 32.2. The molecule has 0 amide bonds. The van der Waals surface area contributed by atoms with Gasteiger partial charge in [-0.25, -0.2) is 0 Å². The molecular formula is C16H27N3OS. The number of ether oxygens (including phenoxy) is 1. The molecule has 3 rings (SSSR count). The Balaban J connectivity index is 1.79. The minimum Gasteiger partial charge on any atom is -0.375 e. The van der Waals surface area contributed by atoms with Crippen LogP contribution < -0.4 is 5.73 Å². The molecule has 2 aliphatic heterocycles. The van der Waals surface area contributed by atoms with Crippen molar-refractivity contribution in [3.63, 3.8) is 0 Å². The Labute approximate surface area is 131 Å². The first-order chi connectivity index (χ1) is 10.0. The summed E-state index contributed by atoms with van der Waals surface area (Å²) in [5, 5.41) is 4.53. The van der Waals surface area contributed by atoms with E-state index in [1.165, 1.54) is 35.6 Å². The van der Waals surface area contributed by atoms with E-state index in [0.29, 0.717) is 5.92 Å². The molecule has 118 valence electrons. The summed E-state index contributed by atoms with van der Waals surface area (Å²) in [7, 11) is 2.00. The van der Waals surface area contributed by atoms with Gasteiger partial charge in [-0.15, -0.1) is 0 Å². The van der Waals surface area contributed by atoms with Gasteiger partial charge in [0.25, 0.3) is 0 Å². The Hall–Kier alpha value is -0.520. The second-order valence-corrected chi connectivity index (χ2v) is 7.86. The molecule has 2 unspecified atom stereocenters. The lowest BCUT2D eigenvalue weighted by Crippen LogP contribution is -2.45. The van der Waals surface area contributed by atoms with Crippen molar-refractivity contribution in [2.24, 2.45) is 18.7 Å². The summed E-state index contributed by atoms with van der Waals surface area (Å²) >= 11 is 2.05. The molecule has 0 bridgehead atoms. The summed E-state index contributed by atoms with van der Waals surface area (Å²) in [4.78, 5) is 0. The summed E-state index contributed by atoms with van der Waals surface area (Å²) < 4.78 is 8.15. The predicted molar refractivity (Wildman–Crippen MR) is 87.6 cm³/mol. The molecule has 21 heavy (non-hydrogen) atoms. The van der Waals surface area contributed by atoms with Gasteiger partial charge in [-0.2, -0.15) is 16.9 Å². The third-order valence-corrected chi connectivity index (χ3v) is 6.33. The average molecular weight is 309 g/mol. The summed E-state index contributed by atoms with van der Waals surface area (Å²) in [6.45, 7) is 5.07. The van der Waals surface area contributed by atoms with Crippen molar-refractivity contribution in [2.75, 3.05) is 18.1 Å². The molecule has 0 saturated carbocycles. The average Bonchev–Trinajstić information content (AvgIpc) is 2.72. The van der Waals surface area contributed by atoms with E-state index in [0.717, 1.165) is 25.1 Å². The number of aryl methyl sites for hydroxylation is 2. The summed E-state index contributed by atoms with van der Waals surface area (Å²) in [6.07, 6.45) is 4.56. The second-order valence-electron chi connectivity index (χ2n) is 6.63. The number of rotatable bonds is 2. The van der Waals surface area contributed by atoms with E-state index in [-0.39, 0.29) is 11.6 Å². The Morgan fingerprint density at radius 3 is 2.71 bits per heavy atom. The van der Waals surface area contributed by atoms with Crippen LogP contribution in [0.3, 0.4) is 0 Å². The maximum Gasteiger partial charge on any atom is 0.0701 e. The third kappa shape index (κ3) is 2.88. The van der Waals surface area contributed by atoms with Crippen molar-refractivity contribution in [3.8, 4) is 0 Å². The highest BCUT2D eigenvalue weighted by Gasteiger charge is 2.41. The molecular weight excluding hydrogens is 282 g/mol. The molecule has 1 spiro atoms. The Bertz CT molecular complexity index is 502. The lowest BCUT2D eigenvalue weighted by Gasteiger charge is -2.44. The molecule has 2 fully saturated rings. The van der Waals surface area contributed by atoms with E-state index >= 15 is 0 Å². The molecule has 0 aliphatic carbocycles. The Morgan fingerprint density at radius 1 is 1.38 bits per heavy atom. The lowest BCUT2D eigenvalue weighted by atomic mass is 9.77. The van der Waals surface area contributed by atoms with Gasteiger partial charge >= 0.3 is 0 Å². The minimum absolute atomic E-state index is 0.0917. The molecule has 0 radical (unpaired) electrons. The molecule has 2 saturated heterocycles. The maximum atomic E-state index is 6.66. The number of nitrogens with zero attached hydrogens (tertiary/aromatic N) is 2. The van der Waals surface area contributed by atoms with Crippen LogP contribution in [0.5, 0.6) is 0 Å². The first kappa shape index (κ1) is 15.4. The van der Waals surface area contributed by atoms with E-state index in [1.807, 2.05) is 11.7 Å². The second kappa shape index (κ2) is 5.94. The maximum absolute atomic E-state index is 6.66. The van der Waals surface area contributed by atoms with Crippen LogP contribution in [0.2, 0.25) is 0 Å². The fourth-order valence-electron chi connectivity index (χ4n) is 3.97. The zero-order valence-corrected chi connectivity index (χ0v) is 14.2. The van der Waals surface area contributed by atoms with Crippen molar-refractivity contribution in [3.05, 3.63) is 17.0 Å². The zero-order valence-electron chi connectivity index (χ0n) is 13.4. The molecule has 5 heteroatoms. The minimum atomic E-state index is 0.0917. The van der Waals surface area contributed by atoms with Gasteiger partial charge in [0, 0.05) is 31.0 Å². The summed E-state index contributed by atoms with van der Waals surface area (Å²) in [5.74, 6) is 2.98. The molecule has 1 aromatic heterocycles. The van der Waals surface area contributed by atoms with E-state index in [4.69, 9.17) is 10.5 Å². The van der Waals surface area contributed by atoms with Crippen LogP contribution in [0, 0.1) is 19.8 Å². The molecule has 2 atom stereocenters. The van der Waals surface area contributed by atoms with E-state index < -0.39 is 0 Å². The van der Waals surface area contributed by atoms with Crippen LogP contribution in [-0.2, 0) is 11.8 Å². The van der Waals surface area contributed by atoms with Gasteiger partial charge in [0.1, 0.15) is 0 Å². The van der Waals surface area contributed by atoms with Crippen molar-refractivity contribution in [1.29, 1.82) is 0 Å². The Morgan fingerprint density at radius 2 is 2.10 bits per heavy atom. The van der Waals surface area contributed by atoms with Gasteiger partial charge in [0.05, 0.1) is 11.3 Å². The first-order valence-corrected chi connectivity index (χ1v) is 9.15. The predicted octanol–water partition coefficient (Wildman–Crippen LogP) is 2.73. The van der Waals surface area contributed by atoms with E-state index in [9.17, 15) is 0 Å². The van der Waals surface area contributed by atoms with Crippen molar-refractivity contribution in [1.82, 2.24) is 9.78 Å². The molecule has 2 aliphatic rings. The zero-order chi connectivity index (χ0) is 15.0. The van der Waals surface area contributed by atoms with Gasteiger partial charge in [0.2, 0.25) is 0 Å². The van der Waals surface area contributed by atoms with E-state index in [2.05, 4.69) is 30.7 Å². The highest BCUT2D eigenvalue weighted by molar-refractivity contribution is 7.99. The molecule has 1 aromatic rings. The number of nitrogens with two attached hydrogens (primary N) is 1.